The molecule has 0 radical (unpaired) electrons. The molecule has 188 valence electrons. The minimum atomic E-state index is -3.69. The number of carbonyl (C=O) groups is 1. The van der Waals surface area contributed by atoms with Crippen LogP contribution in [-0.4, -0.2) is 41.4 Å². The summed E-state index contributed by atoms with van der Waals surface area (Å²) in [4.78, 5) is 15.5. The molecule has 7 nitrogen and oxygen atoms in total. The van der Waals surface area contributed by atoms with Crippen LogP contribution in [0.25, 0.3) is 0 Å². The van der Waals surface area contributed by atoms with Gasteiger partial charge in [-0.1, -0.05) is 32.9 Å². The normalized spacial score (nSPS) is 24.3. The molecule has 2 aliphatic heterocycles. The predicted molar refractivity (Wildman–Crippen MR) is 125 cm³/mol. The van der Waals surface area contributed by atoms with Crippen LogP contribution in [0.15, 0.2) is 53.5 Å². The summed E-state index contributed by atoms with van der Waals surface area (Å²) in [7, 11) is 0. The van der Waals surface area contributed by atoms with Gasteiger partial charge in [0.25, 0.3) is 0 Å². The molecule has 0 saturated heterocycles. The molecule has 9 heteroatoms. The standard InChI is InChI=1S/C26H31F2N3O4/c1-24(2,3)22-11-15-10-17(5-6-19(15)31(22)14-18(32)13-29)30-23(33)25(8-9-25)16-4-7-20-21(12-16)35-26(27,28)34-20/h4-7,11-12,15,18,32H,8-10,13-14,29H2,1-3H3,(H,30,33). The van der Waals surface area contributed by atoms with Crippen molar-refractivity contribution < 1.29 is 28.2 Å². The lowest BCUT2D eigenvalue weighted by atomic mass is 9.90. The average molecular weight is 488 g/mol. The van der Waals surface area contributed by atoms with Crippen molar-refractivity contribution in [3.05, 3.63) is 59.1 Å². The molecule has 2 atom stereocenters. The third-order valence-corrected chi connectivity index (χ3v) is 7.08. The highest BCUT2D eigenvalue weighted by atomic mass is 19.3. The van der Waals surface area contributed by atoms with Crippen molar-refractivity contribution in [1.29, 1.82) is 0 Å². The van der Waals surface area contributed by atoms with Gasteiger partial charge < -0.3 is 30.5 Å². The lowest BCUT2D eigenvalue weighted by Crippen LogP contribution is -2.38. The topological polar surface area (TPSA) is 97.0 Å². The van der Waals surface area contributed by atoms with E-state index in [9.17, 15) is 18.7 Å². The molecule has 1 aromatic rings. The van der Waals surface area contributed by atoms with Gasteiger partial charge in [0.2, 0.25) is 5.91 Å². The summed E-state index contributed by atoms with van der Waals surface area (Å²) in [6.07, 6.45) is 3.66. The van der Waals surface area contributed by atoms with Crippen molar-refractivity contribution in [3.8, 4) is 11.5 Å². The quantitative estimate of drug-likeness (QED) is 0.568. The Morgan fingerprint density at radius 2 is 1.97 bits per heavy atom. The monoisotopic (exact) mass is 487 g/mol. The first-order valence-corrected chi connectivity index (χ1v) is 11.9. The number of allylic oxidation sites excluding steroid dienone is 5. The van der Waals surface area contributed by atoms with E-state index in [4.69, 9.17) is 5.73 Å². The van der Waals surface area contributed by atoms with Gasteiger partial charge in [0, 0.05) is 41.5 Å². The van der Waals surface area contributed by atoms with Crippen LogP contribution in [0.4, 0.5) is 8.78 Å². The number of benzene rings is 1. The van der Waals surface area contributed by atoms with E-state index in [1.807, 2.05) is 12.2 Å². The largest absolute Gasteiger partial charge is 0.586 e. The van der Waals surface area contributed by atoms with Gasteiger partial charge in [0.1, 0.15) is 0 Å². The van der Waals surface area contributed by atoms with E-state index in [0.717, 1.165) is 17.1 Å². The van der Waals surface area contributed by atoms with Gasteiger partial charge in [-0.25, -0.2) is 0 Å². The van der Waals surface area contributed by atoms with E-state index in [1.165, 1.54) is 12.1 Å². The van der Waals surface area contributed by atoms with E-state index in [2.05, 4.69) is 46.5 Å². The van der Waals surface area contributed by atoms with Gasteiger partial charge in [0.15, 0.2) is 11.5 Å². The van der Waals surface area contributed by atoms with Crippen LogP contribution in [0, 0.1) is 11.3 Å². The maximum absolute atomic E-state index is 13.4. The van der Waals surface area contributed by atoms with E-state index in [-0.39, 0.29) is 35.3 Å². The molecule has 1 fully saturated rings. The predicted octanol–water partition coefficient (Wildman–Crippen LogP) is 3.51. The van der Waals surface area contributed by atoms with Crippen molar-refractivity contribution in [2.24, 2.45) is 17.1 Å². The van der Waals surface area contributed by atoms with E-state index >= 15 is 0 Å². The third kappa shape index (κ3) is 4.31. The highest BCUT2D eigenvalue weighted by molar-refractivity contribution is 5.92. The Kier molecular flexibility index (Phi) is 5.49. The zero-order valence-electron chi connectivity index (χ0n) is 20.1. The summed E-state index contributed by atoms with van der Waals surface area (Å²) in [6.45, 7) is 7.00. The number of amides is 1. The van der Waals surface area contributed by atoms with Crippen LogP contribution >= 0.6 is 0 Å². The van der Waals surface area contributed by atoms with Gasteiger partial charge in [-0.15, -0.1) is 8.78 Å². The average Bonchev–Trinajstić information content (AvgIpc) is 3.42. The number of fused-ring (bicyclic) bond motifs is 2. The summed E-state index contributed by atoms with van der Waals surface area (Å²) < 4.78 is 35.9. The van der Waals surface area contributed by atoms with Crippen molar-refractivity contribution in [1.82, 2.24) is 10.2 Å². The van der Waals surface area contributed by atoms with Gasteiger partial charge in [-0.2, -0.15) is 0 Å². The van der Waals surface area contributed by atoms with Gasteiger partial charge in [-0.3, -0.25) is 4.79 Å². The minimum Gasteiger partial charge on any atom is -0.395 e. The number of nitrogens with zero attached hydrogens (tertiary/aromatic N) is 1. The number of aliphatic hydroxyl groups excluding tert-OH is 1. The highest BCUT2D eigenvalue weighted by Crippen LogP contribution is 2.52. The Morgan fingerprint density at radius 1 is 1.26 bits per heavy atom. The molecular weight excluding hydrogens is 456 g/mol. The van der Waals surface area contributed by atoms with E-state index in [0.29, 0.717) is 31.4 Å². The van der Waals surface area contributed by atoms with Gasteiger partial charge in [0.05, 0.1) is 11.5 Å². The molecule has 5 rings (SSSR count). The fourth-order valence-corrected chi connectivity index (χ4v) is 5.09. The first-order chi connectivity index (χ1) is 16.4. The number of halogens is 2. The number of alkyl halides is 2. The molecule has 2 heterocycles. The van der Waals surface area contributed by atoms with Crippen LogP contribution < -0.4 is 20.5 Å². The number of hydrogen-bond donors (Lipinski definition) is 3. The van der Waals surface area contributed by atoms with Crippen LogP contribution in [0.5, 0.6) is 11.5 Å². The summed E-state index contributed by atoms with van der Waals surface area (Å²) in [5.74, 6) is -0.159. The maximum Gasteiger partial charge on any atom is 0.586 e. The van der Waals surface area contributed by atoms with Crippen LogP contribution in [0.3, 0.4) is 0 Å². The SMILES string of the molecule is CC(C)(C)C1=CC2CC(NC(=O)C3(c4ccc5c(c4)OC(F)(F)O5)CC3)=CC=C2N1CC(O)CN. The molecule has 2 unspecified atom stereocenters. The maximum atomic E-state index is 13.4. The van der Waals surface area contributed by atoms with Crippen LogP contribution in [-0.2, 0) is 10.2 Å². The molecular formula is C26H31F2N3O4. The number of carbonyl (C=O) groups excluding carboxylic acids is 1. The third-order valence-electron chi connectivity index (χ3n) is 7.08. The summed E-state index contributed by atoms with van der Waals surface area (Å²) in [5.41, 5.74) is 8.42. The first-order valence-electron chi connectivity index (χ1n) is 11.9. The second kappa shape index (κ2) is 8.06. The highest BCUT2D eigenvalue weighted by Gasteiger charge is 2.53. The van der Waals surface area contributed by atoms with Crippen molar-refractivity contribution >= 4 is 5.91 Å². The van der Waals surface area contributed by atoms with Crippen LogP contribution in [0.2, 0.25) is 0 Å². The number of hydrogen-bond acceptors (Lipinski definition) is 6. The van der Waals surface area contributed by atoms with E-state index < -0.39 is 17.8 Å². The smallest absolute Gasteiger partial charge is 0.395 e. The van der Waals surface area contributed by atoms with E-state index in [1.54, 1.807) is 6.07 Å². The zero-order chi connectivity index (χ0) is 25.2. The van der Waals surface area contributed by atoms with Gasteiger partial charge >= 0.3 is 6.29 Å². The molecule has 4 N–H and O–H groups in total. The number of rotatable bonds is 6. The summed E-state index contributed by atoms with van der Waals surface area (Å²) in [6, 6.07) is 4.56. The Balaban J connectivity index is 1.33. The fraction of sp³-hybridized carbons (Fsp3) is 0.500. The lowest BCUT2D eigenvalue weighted by Gasteiger charge is -2.35. The number of nitrogens with two attached hydrogens (primary N) is 1. The Labute approximate surface area is 203 Å². The van der Waals surface area contributed by atoms with Gasteiger partial charge in [-0.05, 0) is 49.1 Å². The molecule has 0 aromatic heterocycles. The molecule has 35 heavy (non-hydrogen) atoms. The Hall–Kier alpha value is -2.91. The minimum absolute atomic E-state index is 0.0328. The second-order valence-electron chi connectivity index (χ2n) is 10.8. The Bertz CT molecular complexity index is 1150. The molecule has 0 spiro atoms. The number of β-amino-alcohol motifs (C(OH)–C–C–N with tert-alkyl or cyclic N) is 1. The molecule has 4 aliphatic rings. The molecule has 1 aromatic carbocycles. The molecule has 1 saturated carbocycles. The second-order valence-corrected chi connectivity index (χ2v) is 10.8. The van der Waals surface area contributed by atoms with Crippen molar-refractivity contribution in [2.75, 3.05) is 13.1 Å². The lowest BCUT2D eigenvalue weighted by molar-refractivity contribution is -0.286. The van der Waals surface area contributed by atoms with Crippen molar-refractivity contribution in [2.45, 2.75) is 57.8 Å². The zero-order valence-corrected chi connectivity index (χ0v) is 20.1. The van der Waals surface area contributed by atoms with Crippen LogP contribution in [0.1, 0.15) is 45.6 Å². The summed E-state index contributed by atoms with van der Waals surface area (Å²) >= 11 is 0. The van der Waals surface area contributed by atoms with Crippen molar-refractivity contribution in [3.63, 3.8) is 0 Å². The molecule has 2 aliphatic carbocycles. The molecule has 0 bridgehead atoms. The number of aliphatic hydroxyl groups is 1. The molecule has 1 amide bonds. The first kappa shape index (κ1) is 23.8. The number of ether oxygens (including phenoxy) is 2. The number of nitrogens with one attached hydrogen (secondary N) is 1. The Morgan fingerprint density at radius 3 is 2.63 bits per heavy atom. The fourth-order valence-electron chi connectivity index (χ4n) is 5.09. The summed E-state index contributed by atoms with van der Waals surface area (Å²) in [5, 5.41) is 13.3.